The quantitative estimate of drug-likeness (QED) is 0.917. The summed E-state index contributed by atoms with van der Waals surface area (Å²) in [5, 5.41) is 12.7. The Labute approximate surface area is 103 Å². The van der Waals surface area contributed by atoms with E-state index in [1.165, 1.54) is 0 Å². The van der Waals surface area contributed by atoms with Gasteiger partial charge in [0.1, 0.15) is 12.3 Å². The highest BCUT2D eigenvalue weighted by Gasteiger charge is 2.09. The fourth-order valence-electron chi connectivity index (χ4n) is 1.21. The zero-order valence-electron chi connectivity index (χ0n) is 7.58. The predicted molar refractivity (Wildman–Crippen MR) is 63.3 cm³/mol. The van der Waals surface area contributed by atoms with E-state index in [0.717, 1.165) is 14.5 Å². The molecule has 1 heterocycles. The number of benzene rings is 1. The Morgan fingerprint density at radius 2 is 2.07 bits per heavy atom. The molecule has 0 spiro atoms. The monoisotopic (exact) mass is 331 g/mol. The second-order valence-electron chi connectivity index (χ2n) is 2.96. The van der Waals surface area contributed by atoms with Crippen LogP contribution in [0.4, 0.5) is 0 Å². The predicted octanol–water partition coefficient (Wildman–Crippen LogP) is 3.36. The molecule has 0 atom stereocenters. The van der Waals surface area contributed by atoms with Gasteiger partial charge in [-0.05, 0) is 18.2 Å². The molecule has 1 aromatic heterocycles. The molecule has 15 heavy (non-hydrogen) atoms. The SMILES string of the molecule is OCc1cc(-c2cc(Br)ccc2Br)no1. The Morgan fingerprint density at radius 1 is 1.27 bits per heavy atom. The largest absolute Gasteiger partial charge is 0.388 e. The number of aromatic nitrogens is 1. The van der Waals surface area contributed by atoms with Crippen LogP contribution in [-0.2, 0) is 6.61 Å². The van der Waals surface area contributed by atoms with Crippen LogP contribution in [0.5, 0.6) is 0 Å². The minimum absolute atomic E-state index is 0.140. The molecule has 0 bridgehead atoms. The van der Waals surface area contributed by atoms with E-state index in [-0.39, 0.29) is 6.61 Å². The highest BCUT2D eigenvalue weighted by Crippen LogP contribution is 2.30. The Hall–Kier alpha value is -0.650. The van der Waals surface area contributed by atoms with E-state index in [1.54, 1.807) is 6.07 Å². The fourth-order valence-corrected chi connectivity index (χ4v) is 2.02. The van der Waals surface area contributed by atoms with Gasteiger partial charge in [-0.25, -0.2) is 0 Å². The van der Waals surface area contributed by atoms with Gasteiger partial charge in [0, 0.05) is 20.6 Å². The Balaban J connectivity index is 2.48. The topological polar surface area (TPSA) is 46.3 Å². The first-order valence-electron chi connectivity index (χ1n) is 4.22. The number of aliphatic hydroxyl groups is 1. The second-order valence-corrected chi connectivity index (χ2v) is 4.73. The first kappa shape index (κ1) is 10.9. The number of hydrogen-bond donors (Lipinski definition) is 1. The fraction of sp³-hybridized carbons (Fsp3) is 0.100. The molecule has 3 nitrogen and oxygen atoms in total. The van der Waals surface area contributed by atoms with E-state index in [1.807, 2.05) is 18.2 Å². The summed E-state index contributed by atoms with van der Waals surface area (Å²) >= 11 is 6.82. The molecule has 2 aromatic rings. The van der Waals surface area contributed by atoms with Crippen molar-refractivity contribution in [3.05, 3.63) is 39.0 Å². The first-order chi connectivity index (χ1) is 7.20. The lowest BCUT2D eigenvalue weighted by atomic mass is 10.1. The maximum absolute atomic E-state index is 8.87. The van der Waals surface area contributed by atoms with Crippen molar-refractivity contribution in [2.45, 2.75) is 6.61 Å². The van der Waals surface area contributed by atoms with Gasteiger partial charge in [-0.3, -0.25) is 0 Å². The van der Waals surface area contributed by atoms with Gasteiger partial charge < -0.3 is 9.63 Å². The van der Waals surface area contributed by atoms with Crippen LogP contribution in [0.1, 0.15) is 5.76 Å². The van der Waals surface area contributed by atoms with Gasteiger partial charge >= 0.3 is 0 Å². The van der Waals surface area contributed by atoms with E-state index in [4.69, 9.17) is 9.63 Å². The smallest absolute Gasteiger partial charge is 0.162 e. The van der Waals surface area contributed by atoms with Gasteiger partial charge in [-0.15, -0.1) is 0 Å². The zero-order valence-corrected chi connectivity index (χ0v) is 10.7. The van der Waals surface area contributed by atoms with Crippen LogP contribution in [0, 0.1) is 0 Å². The van der Waals surface area contributed by atoms with Gasteiger partial charge in [-0.2, -0.15) is 0 Å². The molecule has 1 N–H and O–H groups in total. The standard InChI is InChI=1S/C10H7Br2NO2/c11-6-1-2-9(12)8(3-6)10-4-7(5-14)15-13-10/h1-4,14H,5H2. The molecule has 0 amide bonds. The van der Waals surface area contributed by atoms with Gasteiger partial charge in [-0.1, -0.05) is 37.0 Å². The summed E-state index contributed by atoms with van der Waals surface area (Å²) in [6.45, 7) is -0.140. The summed E-state index contributed by atoms with van der Waals surface area (Å²) in [4.78, 5) is 0. The molecular weight excluding hydrogens is 326 g/mol. The molecule has 1 aromatic carbocycles. The van der Waals surface area contributed by atoms with Crippen molar-refractivity contribution in [3.8, 4) is 11.3 Å². The molecule has 0 radical (unpaired) electrons. The molecular formula is C10H7Br2NO2. The van der Waals surface area contributed by atoms with Crippen LogP contribution in [0.25, 0.3) is 11.3 Å². The Bertz CT molecular complexity index is 482. The molecule has 0 aliphatic carbocycles. The highest BCUT2D eigenvalue weighted by molar-refractivity contribution is 9.11. The average molecular weight is 333 g/mol. The molecule has 78 valence electrons. The summed E-state index contributed by atoms with van der Waals surface area (Å²) in [5.74, 6) is 0.455. The molecule has 0 aliphatic heterocycles. The lowest BCUT2D eigenvalue weighted by molar-refractivity contribution is 0.229. The van der Waals surface area contributed by atoms with Gasteiger partial charge in [0.15, 0.2) is 5.76 Å². The van der Waals surface area contributed by atoms with Crippen molar-refractivity contribution in [2.24, 2.45) is 0 Å². The molecule has 0 unspecified atom stereocenters. The average Bonchev–Trinajstić information content (AvgIpc) is 2.70. The summed E-state index contributed by atoms with van der Waals surface area (Å²) in [6.07, 6.45) is 0. The number of hydrogen-bond acceptors (Lipinski definition) is 3. The van der Waals surface area contributed by atoms with Crippen molar-refractivity contribution in [2.75, 3.05) is 0 Å². The number of nitrogens with zero attached hydrogens (tertiary/aromatic N) is 1. The van der Waals surface area contributed by atoms with Crippen molar-refractivity contribution in [3.63, 3.8) is 0 Å². The van der Waals surface area contributed by atoms with E-state index >= 15 is 0 Å². The molecule has 0 saturated heterocycles. The lowest BCUT2D eigenvalue weighted by Gasteiger charge is -1.99. The van der Waals surface area contributed by atoms with Crippen LogP contribution >= 0.6 is 31.9 Å². The molecule has 0 saturated carbocycles. The second kappa shape index (κ2) is 4.47. The van der Waals surface area contributed by atoms with Crippen LogP contribution < -0.4 is 0 Å². The minimum Gasteiger partial charge on any atom is -0.388 e. The summed E-state index contributed by atoms with van der Waals surface area (Å²) in [5.41, 5.74) is 1.63. The maximum atomic E-state index is 8.87. The number of halogens is 2. The Morgan fingerprint density at radius 3 is 2.73 bits per heavy atom. The van der Waals surface area contributed by atoms with E-state index in [0.29, 0.717) is 11.5 Å². The zero-order chi connectivity index (χ0) is 10.8. The number of aliphatic hydroxyl groups excluding tert-OH is 1. The lowest BCUT2D eigenvalue weighted by Crippen LogP contribution is -1.79. The summed E-state index contributed by atoms with van der Waals surface area (Å²) < 4.78 is 6.83. The molecule has 0 aliphatic rings. The van der Waals surface area contributed by atoms with Gasteiger partial charge in [0.2, 0.25) is 0 Å². The molecule has 5 heteroatoms. The van der Waals surface area contributed by atoms with E-state index in [9.17, 15) is 0 Å². The Kier molecular flexibility index (Phi) is 3.23. The van der Waals surface area contributed by atoms with Crippen molar-refractivity contribution in [1.29, 1.82) is 0 Å². The first-order valence-corrected chi connectivity index (χ1v) is 5.81. The third-order valence-corrected chi connectivity index (χ3v) is 3.10. The number of rotatable bonds is 2. The van der Waals surface area contributed by atoms with E-state index < -0.39 is 0 Å². The van der Waals surface area contributed by atoms with Crippen LogP contribution in [0.15, 0.2) is 37.7 Å². The molecule has 0 fully saturated rings. The maximum Gasteiger partial charge on any atom is 0.162 e. The van der Waals surface area contributed by atoms with Crippen LogP contribution in [-0.4, -0.2) is 10.3 Å². The van der Waals surface area contributed by atoms with Gasteiger partial charge in [0.25, 0.3) is 0 Å². The summed E-state index contributed by atoms with van der Waals surface area (Å²) in [6, 6.07) is 7.50. The van der Waals surface area contributed by atoms with Crippen LogP contribution in [0.3, 0.4) is 0 Å². The van der Waals surface area contributed by atoms with Crippen molar-refractivity contribution >= 4 is 31.9 Å². The van der Waals surface area contributed by atoms with Crippen molar-refractivity contribution in [1.82, 2.24) is 5.16 Å². The normalized spacial score (nSPS) is 10.6. The highest BCUT2D eigenvalue weighted by atomic mass is 79.9. The summed E-state index contributed by atoms with van der Waals surface area (Å²) in [7, 11) is 0. The van der Waals surface area contributed by atoms with Crippen LogP contribution in [0.2, 0.25) is 0 Å². The van der Waals surface area contributed by atoms with E-state index in [2.05, 4.69) is 37.0 Å². The molecule has 2 rings (SSSR count). The minimum atomic E-state index is -0.140. The van der Waals surface area contributed by atoms with Gasteiger partial charge in [0.05, 0.1) is 0 Å². The third kappa shape index (κ3) is 2.30. The third-order valence-electron chi connectivity index (χ3n) is 1.92. The van der Waals surface area contributed by atoms with Crippen molar-refractivity contribution < 1.29 is 9.63 Å².